The number of benzene rings is 1. The van der Waals surface area contributed by atoms with E-state index in [4.69, 9.17) is 0 Å². The van der Waals surface area contributed by atoms with Crippen molar-refractivity contribution in [1.82, 2.24) is 5.32 Å². The van der Waals surface area contributed by atoms with Crippen LogP contribution in [0.3, 0.4) is 0 Å². The highest BCUT2D eigenvalue weighted by atomic mass is 32.2. The van der Waals surface area contributed by atoms with Crippen LogP contribution in [-0.2, 0) is 0 Å². The largest absolute Gasteiger partial charge is 0.348 e. The standard InChI is InChI=1S/C12H16FNOS/c1-3-11(8-16-2)14-12(15)9-4-6-10(13)7-5-9/h4-7,11H,3,8H2,1-2H3,(H,14,15). The summed E-state index contributed by atoms with van der Waals surface area (Å²) in [7, 11) is 0. The Balaban J connectivity index is 2.60. The van der Waals surface area contributed by atoms with Crippen LogP contribution in [0.1, 0.15) is 23.7 Å². The lowest BCUT2D eigenvalue weighted by Gasteiger charge is -2.15. The van der Waals surface area contributed by atoms with Crippen LogP contribution in [0.15, 0.2) is 24.3 Å². The Bertz CT molecular complexity index is 339. The first kappa shape index (κ1) is 13.0. The predicted molar refractivity (Wildman–Crippen MR) is 66.3 cm³/mol. The molecule has 0 aliphatic heterocycles. The molecule has 0 radical (unpaired) electrons. The number of thioether (sulfide) groups is 1. The number of hydrogen-bond donors (Lipinski definition) is 1. The quantitative estimate of drug-likeness (QED) is 0.858. The molecule has 2 nitrogen and oxygen atoms in total. The van der Waals surface area contributed by atoms with E-state index >= 15 is 0 Å². The van der Waals surface area contributed by atoms with E-state index in [1.807, 2.05) is 13.2 Å². The molecule has 0 spiro atoms. The third kappa shape index (κ3) is 3.85. The second-order valence-corrected chi connectivity index (χ2v) is 4.45. The topological polar surface area (TPSA) is 29.1 Å². The van der Waals surface area contributed by atoms with Gasteiger partial charge in [0.1, 0.15) is 5.82 Å². The van der Waals surface area contributed by atoms with Crippen LogP contribution in [0.5, 0.6) is 0 Å². The van der Waals surface area contributed by atoms with Crippen LogP contribution < -0.4 is 5.32 Å². The van der Waals surface area contributed by atoms with Crippen LogP contribution >= 0.6 is 11.8 Å². The second-order valence-electron chi connectivity index (χ2n) is 3.54. The predicted octanol–water partition coefficient (Wildman–Crippen LogP) is 2.70. The van der Waals surface area contributed by atoms with Gasteiger partial charge in [-0.25, -0.2) is 4.39 Å². The maximum Gasteiger partial charge on any atom is 0.251 e. The van der Waals surface area contributed by atoms with E-state index in [0.717, 1.165) is 12.2 Å². The van der Waals surface area contributed by atoms with Crippen molar-refractivity contribution in [2.75, 3.05) is 12.0 Å². The van der Waals surface area contributed by atoms with Crippen LogP contribution in [-0.4, -0.2) is 24.0 Å². The lowest BCUT2D eigenvalue weighted by molar-refractivity contribution is 0.0940. The SMILES string of the molecule is CCC(CSC)NC(=O)c1ccc(F)cc1. The molecule has 1 N–H and O–H groups in total. The number of amides is 1. The van der Waals surface area contributed by atoms with Gasteiger partial charge in [-0.2, -0.15) is 11.8 Å². The van der Waals surface area contributed by atoms with Crippen LogP contribution in [0.25, 0.3) is 0 Å². The van der Waals surface area contributed by atoms with E-state index in [9.17, 15) is 9.18 Å². The monoisotopic (exact) mass is 241 g/mol. The summed E-state index contributed by atoms with van der Waals surface area (Å²) in [5.41, 5.74) is 0.501. The summed E-state index contributed by atoms with van der Waals surface area (Å²) in [6.45, 7) is 2.03. The van der Waals surface area contributed by atoms with Gasteiger partial charge >= 0.3 is 0 Å². The molecule has 16 heavy (non-hydrogen) atoms. The van der Waals surface area contributed by atoms with Crippen molar-refractivity contribution in [2.45, 2.75) is 19.4 Å². The summed E-state index contributed by atoms with van der Waals surface area (Å²) in [5.74, 6) is 0.428. The molecule has 0 aromatic heterocycles. The van der Waals surface area contributed by atoms with Gasteiger partial charge < -0.3 is 5.32 Å². The van der Waals surface area contributed by atoms with E-state index in [1.165, 1.54) is 24.3 Å². The van der Waals surface area contributed by atoms with Gasteiger partial charge in [0.2, 0.25) is 0 Å². The fourth-order valence-corrected chi connectivity index (χ4v) is 2.05. The van der Waals surface area contributed by atoms with Crippen LogP contribution in [0.4, 0.5) is 4.39 Å². The van der Waals surface area contributed by atoms with Crippen LogP contribution in [0, 0.1) is 5.82 Å². The van der Waals surface area contributed by atoms with Crippen molar-refractivity contribution in [1.29, 1.82) is 0 Å². The first-order chi connectivity index (χ1) is 7.67. The number of carbonyl (C=O) groups is 1. The Morgan fingerprint density at radius 1 is 1.44 bits per heavy atom. The lowest BCUT2D eigenvalue weighted by atomic mass is 10.2. The second kappa shape index (κ2) is 6.53. The average Bonchev–Trinajstić information content (AvgIpc) is 2.29. The van der Waals surface area contributed by atoms with Gasteiger partial charge in [-0.1, -0.05) is 6.92 Å². The molecular weight excluding hydrogens is 225 g/mol. The molecule has 88 valence electrons. The van der Waals surface area contributed by atoms with E-state index in [-0.39, 0.29) is 17.8 Å². The van der Waals surface area contributed by atoms with Crippen LogP contribution in [0.2, 0.25) is 0 Å². The van der Waals surface area contributed by atoms with Gasteiger partial charge in [0.15, 0.2) is 0 Å². The number of nitrogens with one attached hydrogen (secondary N) is 1. The van der Waals surface area contributed by atoms with Gasteiger partial charge in [0.25, 0.3) is 5.91 Å². The van der Waals surface area contributed by atoms with Gasteiger partial charge in [-0.15, -0.1) is 0 Å². The lowest BCUT2D eigenvalue weighted by Crippen LogP contribution is -2.36. The Labute approximate surface area is 99.6 Å². The minimum atomic E-state index is -0.326. The van der Waals surface area contributed by atoms with E-state index < -0.39 is 0 Å². The molecule has 0 saturated heterocycles. The summed E-state index contributed by atoms with van der Waals surface area (Å²) >= 11 is 1.70. The fraction of sp³-hybridized carbons (Fsp3) is 0.417. The van der Waals surface area contributed by atoms with E-state index in [2.05, 4.69) is 5.32 Å². The maximum absolute atomic E-state index is 12.7. The zero-order valence-corrected chi connectivity index (χ0v) is 10.3. The molecule has 1 rings (SSSR count). The van der Waals surface area contributed by atoms with Gasteiger partial charge in [-0.05, 0) is 36.9 Å². The maximum atomic E-state index is 12.7. The molecular formula is C12H16FNOS. The highest BCUT2D eigenvalue weighted by molar-refractivity contribution is 7.98. The van der Waals surface area contributed by atoms with Crippen molar-refractivity contribution in [3.63, 3.8) is 0 Å². The van der Waals surface area contributed by atoms with Gasteiger partial charge in [-0.3, -0.25) is 4.79 Å². The molecule has 1 aromatic rings. The first-order valence-electron chi connectivity index (χ1n) is 5.22. The molecule has 0 aliphatic rings. The summed E-state index contributed by atoms with van der Waals surface area (Å²) in [6, 6.07) is 5.76. The molecule has 1 aromatic carbocycles. The van der Waals surface area contributed by atoms with Crippen molar-refractivity contribution < 1.29 is 9.18 Å². The smallest absolute Gasteiger partial charge is 0.251 e. The molecule has 4 heteroatoms. The van der Waals surface area contributed by atoms with Crippen molar-refractivity contribution in [3.8, 4) is 0 Å². The highest BCUT2D eigenvalue weighted by Crippen LogP contribution is 2.05. The Morgan fingerprint density at radius 3 is 2.56 bits per heavy atom. The molecule has 0 fully saturated rings. The minimum Gasteiger partial charge on any atom is -0.348 e. The molecule has 0 bridgehead atoms. The molecule has 0 aliphatic carbocycles. The number of hydrogen-bond acceptors (Lipinski definition) is 2. The first-order valence-corrected chi connectivity index (χ1v) is 6.62. The molecule has 0 heterocycles. The van der Waals surface area contributed by atoms with E-state index in [1.54, 1.807) is 11.8 Å². The third-order valence-electron chi connectivity index (χ3n) is 2.30. The van der Waals surface area contributed by atoms with Crippen molar-refractivity contribution in [3.05, 3.63) is 35.6 Å². The Morgan fingerprint density at radius 2 is 2.06 bits per heavy atom. The molecule has 0 saturated carbocycles. The average molecular weight is 241 g/mol. The molecule has 1 atom stereocenters. The molecule has 1 unspecified atom stereocenters. The van der Waals surface area contributed by atoms with Crippen molar-refractivity contribution in [2.24, 2.45) is 0 Å². The van der Waals surface area contributed by atoms with Gasteiger partial charge in [0, 0.05) is 17.4 Å². The summed E-state index contributed by atoms with van der Waals surface area (Å²) in [5, 5.41) is 2.92. The molecule has 1 amide bonds. The summed E-state index contributed by atoms with van der Waals surface area (Å²) < 4.78 is 12.7. The highest BCUT2D eigenvalue weighted by Gasteiger charge is 2.11. The van der Waals surface area contributed by atoms with E-state index in [0.29, 0.717) is 5.56 Å². The number of halogens is 1. The Kier molecular flexibility index (Phi) is 5.32. The fourth-order valence-electron chi connectivity index (χ4n) is 1.33. The summed E-state index contributed by atoms with van der Waals surface area (Å²) in [4.78, 5) is 11.8. The summed E-state index contributed by atoms with van der Waals surface area (Å²) in [6.07, 6.45) is 2.90. The van der Waals surface area contributed by atoms with Crippen molar-refractivity contribution >= 4 is 17.7 Å². The normalized spacial score (nSPS) is 12.2. The zero-order valence-electron chi connectivity index (χ0n) is 9.50. The number of carbonyl (C=O) groups excluding carboxylic acids is 1. The minimum absolute atomic E-state index is 0.138. The number of rotatable bonds is 5. The zero-order chi connectivity index (χ0) is 12.0. The third-order valence-corrected chi connectivity index (χ3v) is 3.04. The van der Waals surface area contributed by atoms with Gasteiger partial charge in [0.05, 0.1) is 0 Å². The Hall–Kier alpha value is -1.03.